The van der Waals surface area contributed by atoms with Crippen molar-refractivity contribution in [1.29, 1.82) is 0 Å². The Kier molecular flexibility index (Phi) is 7.09. The number of anilines is 4. The first-order chi connectivity index (χ1) is 18.4. The first-order valence-corrected chi connectivity index (χ1v) is 12.1. The van der Waals surface area contributed by atoms with Gasteiger partial charge in [-0.25, -0.2) is 14.4 Å². The quantitative estimate of drug-likeness (QED) is 0.356. The average molecular weight is 515 g/mol. The zero-order valence-corrected chi connectivity index (χ0v) is 21.1. The van der Waals surface area contributed by atoms with Crippen LogP contribution in [0.2, 0.25) is 0 Å². The minimum atomic E-state index is -0.502. The van der Waals surface area contributed by atoms with Gasteiger partial charge < -0.3 is 25.2 Å². The van der Waals surface area contributed by atoms with Crippen molar-refractivity contribution < 1.29 is 13.9 Å². The molecule has 11 heteroatoms. The first-order valence-electron chi connectivity index (χ1n) is 12.1. The third kappa shape index (κ3) is 5.23. The maximum absolute atomic E-state index is 15.1. The van der Waals surface area contributed by atoms with E-state index in [0.717, 1.165) is 38.1 Å². The predicted molar refractivity (Wildman–Crippen MR) is 145 cm³/mol. The van der Waals surface area contributed by atoms with Crippen molar-refractivity contribution in [2.45, 2.75) is 0 Å². The molecule has 3 aromatic heterocycles. The van der Waals surface area contributed by atoms with Gasteiger partial charge in [0.15, 0.2) is 0 Å². The molecule has 10 nitrogen and oxygen atoms in total. The summed E-state index contributed by atoms with van der Waals surface area (Å²) in [5.74, 6) is 0.594. The fraction of sp³-hybridized carbons (Fsp3) is 0.222. The van der Waals surface area contributed by atoms with E-state index in [9.17, 15) is 4.79 Å². The third-order valence-electron chi connectivity index (χ3n) is 6.28. The van der Waals surface area contributed by atoms with Crippen LogP contribution in [0.4, 0.5) is 27.5 Å². The van der Waals surface area contributed by atoms with Gasteiger partial charge in [-0.05, 0) is 49.5 Å². The highest BCUT2D eigenvalue weighted by Gasteiger charge is 2.19. The van der Waals surface area contributed by atoms with E-state index in [0.29, 0.717) is 33.9 Å². The van der Waals surface area contributed by atoms with Gasteiger partial charge >= 0.3 is 0 Å². The minimum absolute atomic E-state index is 0.193. The SMILES string of the molecule is C=CC(=O)Nc1ccnc(-c2c(F)ccc3cnc(Nc4ccc(N5CCN(C)CC5)nc4OC)nc23)c1. The molecule has 194 valence electrons. The highest BCUT2D eigenvalue weighted by atomic mass is 19.1. The molecule has 1 aromatic carbocycles. The van der Waals surface area contributed by atoms with Gasteiger partial charge in [-0.3, -0.25) is 9.78 Å². The molecule has 1 aliphatic rings. The number of likely N-dealkylation sites (N-methyl/N-ethyl adjacent to an activating group) is 1. The predicted octanol–water partition coefficient (Wildman–Crippen LogP) is 3.85. The number of aromatic nitrogens is 4. The van der Waals surface area contributed by atoms with E-state index in [2.05, 4.69) is 54.0 Å². The smallest absolute Gasteiger partial charge is 0.247 e. The number of halogens is 1. The number of methoxy groups -OCH3 is 1. The molecule has 0 saturated carbocycles. The summed E-state index contributed by atoms with van der Waals surface area (Å²) in [5.41, 5.74) is 1.91. The molecule has 1 saturated heterocycles. The summed E-state index contributed by atoms with van der Waals surface area (Å²) >= 11 is 0. The number of rotatable bonds is 7. The summed E-state index contributed by atoms with van der Waals surface area (Å²) in [4.78, 5) is 34.2. The van der Waals surface area contributed by atoms with Crippen LogP contribution in [-0.2, 0) is 4.79 Å². The Balaban J connectivity index is 1.48. The first kappa shape index (κ1) is 25.0. The number of hydrogen-bond donors (Lipinski definition) is 2. The van der Waals surface area contributed by atoms with Gasteiger partial charge in [-0.2, -0.15) is 4.98 Å². The number of ether oxygens (including phenoxy) is 1. The Labute approximate surface area is 219 Å². The van der Waals surface area contributed by atoms with E-state index >= 15 is 4.39 Å². The second kappa shape index (κ2) is 10.8. The molecule has 0 aliphatic carbocycles. The van der Waals surface area contributed by atoms with E-state index in [1.807, 2.05) is 12.1 Å². The molecule has 1 aliphatic heterocycles. The molecule has 0 atom stereocenters. The van der Waals surface area contributed by atoms with Crippen LogP contribution in [-0.4, -0.2) is 71.1 Å². The number of piperazine rings is 1. The van der Waals surface area contributed by atoms with Crippen molar-refractivity contribution in [3.05, 3.63) is 67.3 Å². The van der Waals surface area contributed by atoms with Crippen LogP contribution in [0.25, 0.3) is 22.2 Å². The summed E-state index contributed by atoms with van der Waals surface area (Å²) in [6.07, 6.45) is 4.26. The molecule has 4 heterocycles. The molecule has 0 bridgehead atoms. The van der Waals surface area contributed by atoms with Gasteiger partial charge in [0.2, 0.25) is 17.7 Å². The number of pyridine rings is 2. The summed E-state index contributed by atoms with van der Waals surface area (Å²) in [6.45, 7) is 7.15. The highest BCUT2D eigenvalue weighted by Crippen LogP contribution is 2.32. The Morgan fingerprint density at radius 1 is 1.11 bits per heavy atom. The number of nitrogens with one attached hydrogen (secondary N) is 2. The molecule has 0 unspecified atom stereocenters. The molecule has 0 spiro atoms. The fourth-order valence-corrected chi connectivity index (χ4v) is 4.23. The van der Waals surface area contributed by atoms with E-state index in [-0.39, 0.29) is 17.4 Å². The number of carbonyl (C=O) groups excluding carboxylic acids is 1. The van der Waals surface area contributed by atoms with Gasteiger partial charge in [-0.1, -0.05) is 6.58 Å². The van der Waals surface area contributed by atoms with E-state index in [1.165, 1.54) is 12.3 Å². The molecule has 1 fully saturated rings. The van der Waals surface area contributed by atoms with Gasteiger partial charge in [0.1, 0.15) is 17.3 Å². The van der Waals surface area contributed by atoms with Crippen molar-refractivity contribution in [3.8, 4) is 17.1 Å². The van der Waals surface area contributed by atoms with Crippen LogP contribution in [0.3, 0.4) is 0 Å². The molecule has 2 N–H and O–H groups in total. The summed E-state index contributed by atoms with van der Waals surface area (Å²) in [5, 5.41) is 6.44. The largest absolute Gasteiger partial charge is 0.479 e. The zero-order chi connectivity index (χ0) is 26.6. The van der Waals surface area contributed by atoms with Crippen LogP contribution in [0.15, 0.2) is 61.4 Å². The number of amides is 1. The molecule has 1 amide bonds. The van der Waals surface area contributed by atoms with Gasteiger partial charge in [0, 0.05) is 49.6 Å². The standard InChI is InChI=1S/C27H27FN8O2/c1-4-23(37)31-18-9-10-29-21(15-18)24-19(28)6-5-17-16-30-27(34-25(17)24)32-20-7-8-22(33-26(20)38-3)36-13-11-35(2)12-14-36/h4-10,15-16H,1,11-14H2,2-3H3,(H,29,31,37)(H,30,32,34). The summed E-state index contributed by atoms with van der Waals surface area (Å²) in [6, 6.07) is 9.94. The van der Waals surface area contributed by atoms with E-state index in [4.69, 9.17) is 4.74 Å². The molecule has 5 rings (SSSR count). The molecule has 38 heavy (non-hydrogen) atoms. The van der Waals surface area contributed by atoms with Crippen LogP contribution >= 0.6 is 0 Å². The normalized spacial score (nSPS) is 13.8. The van der Waals surface area contributed by atoms with Gasteiger partial charge in [0.05, 0.1) is 23.9 Å². The number of nitrogens with zero attached hydrogens (tertiary/aromatic N) is 6. The third-order valence-corrected chi connectivity index (χ3v) is 6.28. The van der Waals surface area contributed by atoms with Crippen LogP contribution < -0.4 is 20.3 Å². The topological polar surface area (TPSA) is 108 Å². The lowest BCUT2D eigenvalue weighted by atomic mass is 10.1. The fourth-order valence-electron chi connectivity index (χ4n) is 4.23. The average Bonchev–Trinajstić information content (AvgIpc) is 2.93. The zero-order valence-electron chi connectivity index (χ0n) is 21.1. The number of benzene rings is 1. The van der Waals surface area contributed by atoms with Gasteiger partial charge in [-0.15, -0.1) is 0 Å². The monoisotopic (exact) mass is 514 g/mol. The lowest BCUT2D eigenvalue weighted by molar-refractivity contribution is -0.111. The van der Waals surface area contributed by atoms with Crippen molar-refractivity contribution in [2.24, 2.45) is 0 Å². The second-order valence-corrected chi connectivity index (χ2v) is 8.82. The van der Waals surface area contributed by atoms with E-state index in [1.54, 1.807) is 31.5 Å². The van der Waals surface area contributed by atoms with Crippen molar-refractivity contribution in [1.82, 2.24) is 24.8 Å². The number of fused-ring (bicyclic) bond motifs is 1. The summed E-state index contributed by atoms with van der Waals surface area (Å²) in [7, 11) is 3.66. The molecular weight excluding hydrogens is 487 g/mol. The van der Waals surface area contributed by atoms with Crippen LogP contribution in [0, 0.1) is 5.82 Å². The lowest BCUT2D eigenvalue weighted by Crippen LogP contribution is -2.44. The van der Waals surface area contributed by atoms with Gasteiger partial charge in [0.25, 0.3) is 0 Å². The molecule has 4 aromatic rings. The Bertz CT molecular complexity index is 1500. The minimum Gasteiger partial charge on any atom is -0.479 e. The number of hydrogen-bond acceptors (Lipinski definition) is 9. The van der Waals surface area contributed by atoms with Crippen molar-refractivity contribution in [2.75, 3.05) is 55.9 Å². The van der Waals surface area contributed by atoms with E-state index < -0.39 is 5.82 Å². The number of carbonyl (C=O) groups is 1. The summed E-state index contributed by atoms with van der Waals surface area (Å²) < 4.78 is 20.7. The highest BCUT2D eigenvalue weighted by molar-refractivity contribution is 6.00. The maximum Gasteiger partial charge on any atom is 0.247 e. The Morgan fingerprint density at radius 2 is 1.92 bits per heavy atom. The lowest BCUT2D eigenvalue weighted by Gasteiger charge is -2.33. The maximum atomic E-state index is 15.1. The van der Waals surface area contributed by atoms with Crippen molar-refractivity contribution in [3.63, 3.8) is 0 Å². The molecular formula is C27H27FN8O2. The van der Waals surface area contributed by atoms with Crippen LogP contribution in [0.5, 0.6) is 5.88 Å². The Morgan fingerprint density at radius 3 is 2.68 bits per heavy atom. The second-order valence-electron chi connectivity index (χ2n) is 8.82. The van der Waals surface area contributed by atoms with Crippen LogP contribution in [0.1, 0.15) is 0 Å². The van der Waals surface area contributed by atoms with Crippen molar-refractivity contribution >= 4 is 40.0 Å². The Hall–Kier alpha value is -4.64. The molecule has 0 radical (unpaired) electrons.